The highest BCUT2D eigenvalue weighted by atomic mass is 79.9. The van der Waals surface area contributed by atoms with Crippen molar-refractivity contribution in [3.63, 3.8) is 0 Å². The average Bonchev–Trinajstić information content (AvgIpc) is 2.76. The summed E-state index contributed by atoms with van der Waals surface area (Å²) in [5.74, 6) is 0. The van der Waals surface area contributed by atoms with Gasteiger partial charge in [0.15, 0.2) is 0 Å². The number of benzene rings is 1. The standard InChI is InChI=1S/C15H19Br2N3/c1-4-13-15(17)14(20(5-2)19-13)9-18-11-6-7-12(16)10(3)8-11/h6-8,18H,4-5,9H2,1-3H3. The molecule has 1 aromatic heterocycles. The Labute approximate surface area is 137 Å². The maximum absolute atomic E-state index is 4.61. The fourth-order valence-electron chi connectivity index (χ4n) is 2.13. The Balaban J connectivity index is 2.17. The van der Waals surface area contributed by atoms with Crippen LogP contribution in [0.1, 0.15) is 30.8 Å². The van der Waals surface area contributed by atoms with E-state index < -0.39 is 0 Å². The van der Waals surface area contributed by atoms with Crippen molar-refractivity contribution in [3.8, 4) is 0 Å². The van der Waals surface area contributed by atoms with Gasteiger partial charge in [-0.15, -0.1) is 0 Å². The molecule has 108 valence electrons. The van der Waals surface area contributed by atoms with E-state index in [1.54, 1.807) is 0 Å². The van der Waals surface area contributed by atoms with Crippen LogP contribution < -0.4 is 5.32 Å². The highest BCUT2D eigenvalue weighted by Crippen LogP contribution is 2.24. The van der Waals surface area contributed by atoms with Gasteiger partial charge in [0.1, 0.15) is 0 Å². The zero-order chi connectivity index (χ0) is 14.7. The topological polar surface area (TPSA) is 29.9 Å². The lowest BCUT2D eigenvalue weighted by atomic mass is 10.2. The summed E-state index contributed by atoms with van der Waals surface area (Å²) < 4.78 is 4.32. The maximum Gasteiger partial charge on any atom is 0.0767 e. The Morgan fingerprint density at radius 2 is 2.00 bits per heavy atom. The SMILES string of the molecule is CCc1nn(CC)c(CNc2ccc(Br)c(C)c2)c1Br. The van der Waals surface area contributed by atoms with E-state index in [0.29, 0.717) is 0 Å². The Kier molecular flexibility index (Phi) is 5.27. The monoisotopic (exact) mass is 399 g/mol. The summed E-state index contributed by atoms with van der Waals surface area (Å²) in [4.78, 5) is 0. The fourth-order valence-corrected chi connectivity index (χ4v) is 3.08. The van der Waals surface area contributed by atoms with Gasteiger partial charge in [-0.2, -0.15) is 5.10 Å². The summed E-state index contributed by atoms with van der Waals surface area (Å²) >= 11 is 7.19. The van der Waals surface area contributed by atoms with Crippen molar-refractivity contribution in [2.75, 3.05) is 5.32 Å². The van der Waals surface area contributed by atoms with Gasteiger partial charge >= 0.3 is 0 Å². The van der Waals surface area contributed by atoms with Crippen LogP contribution in [-0.4, -0.2) is 9.78 Å². The number of nitrogens with zero attached hydrogens (tertiary/aromatic N) is 2. The number of nitrogens with one attached hydrogen (secondary N) is 1. The zero-order valence-electron chi connectivity index (χ0n) is 12.0. The molecule has 0 radical (unpaired) electrons. The van der Waals surface area contributed by atoms with Crippen LogP contribution in [0.25, 0.3) is 0 Å². The van der Waals surface area contributed by atoms with E-state index in [1.807, 2.05) is 0 Å². The first-order chi connectivity index (χ1) is 9.56. The first-order valence-corrected chi connectivity index (χ1v) is 8.39. The second-order valence-corrected chi connectivity index (χ2v) is 6.34. The first kappa shape index (κ1) is 15.6. The third kappa shape index (κ3) is 3.26. The minimum absolute atomic E-state index is 0.766. The molecule has 0 aliphatic rings. The third-order valence-corrected chi connectivity index (χ3v) is 5.12. The normalized spacial score (nSPS) is 10.8. The summed E-state index contributed by atoms with van der Waals surface area (Å²) in [6.07, 6.45) is 0.942. The molecule has 5 heteroatoms. The summed E-state index contributed by atoms with van der Waals surface area (Å²) in [7, 11) is 0. The van der Waals surface area contributed by atoms with Crippen molar-refractivity contribution in [2.24, 2.45) is 0 Å². The molecule has 0 saturated heterocycles. The summed E-state index contributed by atoms with van der Waals surface area (Å²) in [5, 5.41) is 8.08. The number of hydrogen-bond donors (Lipinski definition) is 1. The number of hydrogen-bond acceptors (Lipinski definition) is 2. The maximum atomic E-state index is 4.61. The van der Waals surface area contributed by atoms with Gasteiger partial charge in [-0.1, -0.05) is 22.9 Å². The molecule has 0 unspecified atom stereocenters. The van der Waals surface area contributed by atoms with E-state index in [1.165, 1.54) is 11.3 Å². The van der Waals surface area contributed by atoms with Crippen molar-refractivity contribution in [2.45, 2.75) is 40.3 Å². The van der Waals surface area contributed by atoms with Crippen LogP contribution in [0.4, 0.5) is 5.69 Å². The van der Waals surface area contributed by atoms with E-state index in [0.717, 1.165) is 39.8 Å². The smallest absolute Gasteiger partial charge is 0.0767 e. The van der Waals surface area contributed by atoms with Crippen LogP contribution in [-0.2, 0) is 19.5 Å². The molecule has 0 aliphatic heterocycles. The second-order valence-electron chi connectivity index (χ2n) is 4.69. The van der Waals surface area contributed by atoms with Crippen LogP contribution >= 0.6 is 31.9 Å². The molecule has 1 N–H and O–H groups in total. The molecule has 1 aromatic carbocycles. The molecule has 0 amide bonds. The number of rotatable bonds is 5. The van der Waals surface area contributed by atoms with Gasteiger partial charge in [0.2, 0.25) is 0 Å². The zero-order valence-corrected chi connectivity index (χ0v) is 15.2. The van der Waals surface area contributed by atoms with Gasteiger partial charge in [0.25, 0.3) is 0 Å². The Morgan fingerprint density at radius 3 is 2.60 bits per heavy atom. The quantitative estimate of drug-likeness (QED) is 0.772. The Hall–Kier alpha value is -0.810. The Morgan fingerprint density at radius 1 is 1.25 bits per heavy atom. The molecule has 0 atom stereocenters. The lowest BCUT2D eigenvalue weighted by Gasteiger charge is -2.10. The van der Waals surface area contributed by atoms with Gasteiger partial charge in [0.05, 0.1) is 22.4 Å². The van der Waals surface area contributed by atoms with Gasteiger partial charge in [-0.25, -0.2) is 0 Å². The van der Waals surface area contributed by atoms with E-state index in [-0.39, 0.29) is 0 Å². The van der Waals surface area contributed by atoms with Crippen molar-refractivity contribution in [1.29, 1.82) is 0 Å². The molecule has 0 saturated carbocycles. The highest BCUT2D eigenvalue weighted by molar-refractivity contribution is 9.10. The molecule has 0 fully saturated rings. The fraction of sp³-hybridized carbons (Fsp3) is 0.400. The summed E-state index contributed by atoms with van der Waals surface area (Å²) in [5.41, 5.74) is 4.67. The lowest BCUT2D eigenvalue weighted by Crippen LogP contribution is -2.08. The van der Waals surface area contributed by atoms with E-state index in [4.69, 9.17) is 0 Å². The molecule has 0 spiro atoms. The van der Waals surface area contributed by atoms with Crippen molar-refractivity contribution >= 4 is 37.5 Å². The van der Waals surface area contributed by atoms with Gasteiger partial charge < -0.3 is 5.32 Å². The van der Waals surface area contributed by atoms with E-state index in [2.05, 4.69) is 85.9 Å². The van der Waals surface area contributed by atoms with Crippen LogP contribution in [0.2, 0.25) is 0 Å². The molecule has 0 bridgehead atoms. The van der Waals surface area contributed by atoms with E-state index >= 15 is 0 Å². The van der Waals surface area contributed by atoms with Gasteiger partial charge in [0, 0.05) is 16.7 Å². The molecule has 1 heterocycles. The third-order valence-electron chi connectivity index (χ3n) is 3.31. The Bertz CT molecular complexity index is 605. The van der Waals surface area contributed by atoms with Gasteiger partial charge in [-0.05, 0) is 60.0 Å². The minimum atomic E-state index is 0.766. The van der Waals surface area contributed by atoms with Crippen molar-refractivity contribution < 1.29 is 0 Å². The number of aromatic nitrogens is 2. The van der Waals surface area contributed by atoms with Crippen LogP contribution in [0, 0.1) is 6.92 Å². The molecule has 2 rings (SSSR count). The first-order valence-electron chi connectivity index (χ1n) is 6.80. The molecular weight excluding hydrogens is 382 g/mol. The predicted octanol–water partition coefficient (Wildman–Crippen LogP) is 4.91. The minimum Gasteiger partial charge on any atom is -0.379 e. The largest absolute Gasteiger partial charge is 0.379 e. The average molecular weight is 401 g/mol. The van der Waals surface area contributed by atoms with Crippen LogP contribution in [0.3, 0.4) is 0 Å². The van der Waals surface area contributed by atoms with Crippen molar-refractivity contribution in [1.82, 2.24) is 9.78 Å². The number of aryl methyl sites for hydroxylation is 3. The lowest BCUT2D eigenvalue weighted by molar-refractivity contribution is 0.619. The molecular formula is C15H19Br2N3. The number of halogens is 2. The summed E-state index contributed by atoms with van der Waals surface area (Å²) in [6.45, 7) is 7.99. The van der Waals surface area contributed by atoms with Gasteiger partial charge in [-0.3, -0.25) is 4.68 Å². The van der Waals surface area contributed by atoms with Crippen LogP contribution in [0.5, 0.6) is 0 Å². The molecule has 2 aromatic rings. The second kappa shape index (κ2) is 6.76. The number of anilines is 1. The predicted molar refractivity (Wildman–Crippen MR) is 91.2 cm³/mol. The molecule has 0 aliphatic carbocycles. The highest BCUT2D eigenvalue weighted by Gasteiger charge is 2.13. The molecule has 3 nitrogen and oxygen atoms in total. The molecule has 20 heavy (non-hydrogen) atoms. The summed E-state index contributed by atoms with van der Waals surface area (Å²) in [6, 6.07) is 6.30. The van der Waals surface area contributed by atoms with E-state index in [9.17, 15) is 0 Å². The van der Waals surface area contributed by atoms with Crippen molar-refractivity contribution in [3.05, 3.63) is 44.1 Å². The van der Waals surface area contributed by atoms with Crippen LogP contribution in [0.15, 0.2) is 27.1 Å².